The zero-order valence-electron chi connectivity index (χ0n) is 18.9. The Labute approximate surface area is 230 Å². The largest absolute Gasteiger partial charge is 0.462 e. The molecule has 0 saturated heterocycles. The molecule has 1 aliphatic carbocycles. The lowest BCUT2D eigenvalue weighted by molar-refractivity contribution is -0.140. The Morgan fingerprint density at radius 2 is 1.86 bits per heavy atom. The number of nitrogens with zero attached hydrogens (tertiary/aromatic N) is 1. The number of nitrogens with two attached hydrogens (primary N) is 1. The van der Waals surface area contributed by atoms with E-state index >= 15 is 0 Å². The Hall–Kier alpha value is -2.52. The molecule has 186 valence electrons. The van der Waals surface area contributed by atoms with Crippen LogP contribution in [0.2, 0.25) is 15.1 Å². The van der Waals surface area contributed by atoms with Crippen molar-refractivity contribution in [1.82, 2.24) is 0 Å². The molecule has 1 atom stereocenters. The molecule has 5 rings (SSSR count). The van der Waals surface area contributed by atoms with Gasteiger partial charge in [0.15, 0.2) is 5.78 Å². The van der Waals surface area contributed by atoms with Crippen LogP contribution >= 0.6 is 50.7 Å². The monoisotopic (exact) mass is 609 g/mol. The first kappa shape index (κ1) is 25.1. The molecule has 11 heteroatoms. The molecule has 0 bridgehead atoms. The van der Waals surface area contributed by atoms with Crippen LogP contribution < -0.4 is 16.0 Å². The number of carbonyl (C=O) groups excluding carboxylic acids is 3. The van der Waals surface area contributed by atoms with Gasteiger partial charge in [0.25, 0.3) is 0 Å². The number of ether oxygens (including phenoxy) is 1. The number of hydrogen-bond donors (Lipinski definition) is 2. The third-order valence-electron chi connectivity index (χ3n) is 6.59. The average Bonchev–Trinajstić information content (AvgIpc) is 3.09. The Kier molecular flexibility index (Phi) is 6.35. The zero-order chi connectivity index (χ0) is 25.9. The lowest BCUT2D eigenvalue weighted by atomic mass is 9.63. The first-order chi connectivity index (χ1) is 17.1. The molecule has 1 amide bonds. The highest BCUT2D eigenvalue weighted by atomic mass is 79.9. The summed E-state index contributed by atoms with van der Waals surface area (Å²) in [5.41, 5.74) is 6.68. The number of benzene rings is 2. The topological polar surface area (TPSA) is 102 Å². The summed E-state index contributed by atoms with van der Waals surface area (Å²) in [5, 5.41) is 3.48. The molecule has 2 aromatic rings. The number of hydrogen-bond acceptors (Lipinski definition) is 6. The minimum Gasteiger partial charge on any atom is -0.462 e. The first-order valence-corrected chi connectivity index (χ1v) is 13.1. The molecule has 0 fully saturated rings. The van der Waals surface area contributed by atoms with Gasteiger partial charge in [-0.25, -0.2) is 4.79 Å². The van der Waals surface area contributed by atoms with E-state index in [1.54, 1.807) is 25.1 Å². The van der Waals surface area contributed by atoms with Crippen LogP contribution in [0, 0.1) is 0 Å². The van der Waals surface area contributed by atoms with Gasteiger partial charge in [0.2, 0.25) is 5.91 Å². The van der Waals surface area contributed by atoms with Crippen LogP contribution in [0.4, 0.5) is 11.4 Å². The molecule has 1 unspecified atom stereocenters. The number of carbonyl (C=O) groups is 3. The maximum absolute atomic E-state index is 13.9. The second-order valence-electron chi connectivity index (χ2n) is 8.53. The number of rotatable bonds is 3. The van der Waals surface area contributed by atoms with Gasteiger partial charge in [-0.3, -0.25) is 14.5 Å². The van der Waals surface area contributed by atoms with Gasteiger partial charge in [-0.05, 0) is 50.1 Å². The predicted molar refractivity (Wildman–Crippen MR) is 142 cm³/mol. The second kappa shape index (κ2) is 9.10. The maximum Gasteiger partial charge on any atom is 0.339 e. The van der Waals surface area contributed by atoms with Gasteiger partial charge in [-0.1, -0.05) is 50.7 Å². The average molecular weight is 612 g/mol. The van der Waals surface area contributed by atoms with E-state index in [4.69, 9.17) is 45.3 Å². The molecule has 0 radical (unpaired) electrons. The third-order valence-corrected chi connectivity index (χ3v) is 8.10. The van der Waals surface area contributed by atoms with Crippen LogP contribution in [-0.4, -0.2) is 24.3 Å². The molecule has 3 aliphatic rings. The van der Waals surface area contributed by atoms with Crippen LogP contribution in [-0.2, 0) is 24.5 Å². The highest BCUT2D eigenvalue weighted by molar-refractivity contribution is 9.10. The van der Waals surface area contributed by atoms with Crippen molar-refractivity contribution in [3.8, 4) is 0 Å². The molecular formula is C25H19BrCl3N3O4. The summed E-state index contributed by atoms with van der Waals surface area (Å²) in [6, 6.07) is 8.16. The van der Waals surface area contributed by atoms with Crippen molar-refractivity contribution < 1.29 is 19.1 Å². The number of allylic oxidation sites excluding steroid dienone is 1. The summed E-state index contributed by atoms with van der Waals surface area (Å²) < 4.78 is 6.06. The van der Waals surface area contributed by atoms with Crippen molar-refractivity contribution in [2.45, 2.75) is 31.6 Å². The fraction of sp³-hybridized carbons (Fsp3) is 0.240. The van der Waals surface area contributed by atoms with E-state index in [0.29, 0.717) is 39.9 Å². The Bertz CT molecular complexity index is 1440. The SMILES string of the molecule is CCOC(=O)C1=C(N)N(c2cc(Cl)c(Cl)cc2Cl)C2=C(C(=O)CCC2)C12C(=O)Nc1ccc(Br)cc12. The number of Topliss-reactive ketones (excluding diaryl/α,β-unsaturated/α-hetero) is 1. The van der Waals surface area contributed by atoms with E-state index < -0.39 is 17.3 Å². The Morgan fingerprint density at radius 3 is 2.58 bits per heavy atom. The number of amides is 1. The summed E-state index contributed by atoms with van der Waals surface area (Å²) >= 11 is 22.5. The second-order valence-corrected chi connectivity index (χ2v) is 10.7. The lowest BCUT2D eigenvalue weighted by Crippen LogP contribution is -2.53. The molecule has 3 N–H and O–H groups in total. The van der Waals surface area contributed by atoms with Gasteiger partial charge >= 0.3 is 5.97 Å². The van der Waals surface area contributed by atoms with E-state index in [-0.39, 0.29) is 50.8 Å². The van der Waals surface area contributed by atoms with Crippen LogP contribution in [0.15, 0.2) is 57.5 Å². The number of ketones is 1. The van der Waals surface area contributed by atoms with Crippen LogP contribution in [0.1, 0.15) is 31.7 Å². The summed E-state index contributed by atoms with van der Waals surface area (Å²) in [6.45, 7) is 1.68. The molecule has 36 heavy (non-hydrogen) atoms. The Balaban J connectivity index is 1.92. The van der Waals surface area contributed by atoms with Gasteiger partial charge in [-0.15, -0.1) is 0 Å². The van der Waals surface area contributed by atoms with E-state index in [1.165, 1.54) is 17.0 Å². The van der Waals surface area contributed by atoms with Crippen molar-refractivity contribution in [1.29, 1.82) is 0 Å². The van der Waals surface area contributed by atoms with Crippen LogP contribution in [0.25, 0.3) is 0 Å². The highest BCUT2D eigenvalue weighted by Crippen LogP contribution is 2.56. The van der Waals surface area contributed by atoms with Gasteiger partial charge in [0, 0.05) is 33.4 Å². The van der Waals surface area contributed by atoms with Crippen LogP contribution in [0.3, 0.4) is 0 Å². The summed E-state index contributed by atoms with van der Waals surface area (Å²) in [5.74, 6) is -1.71. The van der Waals surface area contributed by atoms with E-state index in [0.717, 1.165) is 0 Å². The van der Waals surface area contributed by atoms with Gasteiger partial charge in [-0.2, -0.15) is 0 Å². The minimum atomic E-state index is -1.79. The zero-order valence-corrected chi connectivity index (χ0v) is 22.7. The molecule has 7 nitrogen and oxygen atoms in total. The lowest BCUT2D eigenvalue weighted by Gasteiger charge is -2.44. The van der Waals surface area contributed by atoms with Crippen LogP contribution in [0.5, 0.6) is 0 Å². The number of halogens is 4. The number of fused-ring (bicyclic) bond motifs is 3. The quantitative estimate of drug-likeness (QED) is 0.333. The normalized spacial score (nSPS) is 21.1. The number of nitrogens with one attached hydrogen (secondary N) is 1. The highest BCUT2D eigenvalue weighted by Gasteiger charge is 2.62. The van der Waals surface area contributed by atoms with Crippen molar-refractivity contribution in [3.05, 3.63) is 78.1 Å². The number of anilines is 2. The van der Waals surface area contributed by atoms with Crippen molar-refractivity contribution in [2.75, 3.05) is 16.8 Å². The molecule has 2 aromatic carbocycles. The molecule has 2 aliphatic heterocycles. The molecule has 2 heterocycles. The van der Waals surface area contributed by atoms with Crippen molar-refractivity contribution >= 4 is 79.8 Å². The molecule has 0 saturated carbocycles. The predicted octanol–water partition coefficient (Wildman–Crippen LogP) is 5.86. The van der Waals surface area contributed by atoms with Gasteiger partial charge in [0.05, 0.1) is 27.4 Å². The van der Waals surface area contributed by atoms with Gasteiger partial charge in [0.1, 0.15) is 16.8 Å². The van der Waals surface area contributed by atoms with E-state index in [1.807, 2.05) is 0 Å². The number of esters is 1. The third kappa shape index (κ3) is 3.49. The van der Waals surface area contributed by atoms with Gasteiger partial charge < -0.3 is 15.8 Å². The van der Waals surface area contributed by atoms with Crippen molar-refractivity contribution in [2.24, 2.45) is 5.73 Å². The molecular weight excluding hydrogens is 593 g/mol. The first-order valence-electron chi connectivity index (χ1n) is 11.1. The summed E-state index contributed by atoms with van der Waals surface area (Å²) in [4.78, 5) is 42.7. The smallest absolute Gasteiger partial charge is 0.339 e. The fourth-order valence-electron chi connectivity index (χ4n) is 5.24. The maximum atomic E-state index is 13.9. The fourth-order valence-corrected chi connectivity index (χ4v) is 6.23. The molecule has 0 aromatic heterocycles. The van der Waals surface area contributed by atoms with E-state index in [2.05, 4.69) is 21.2 Å². The summed E-state index contributed by atoms with van der Waals surface area (Å²) in [6.07, 6.45) is 1.14. The Morgan fingerprint density at radius 1 is 1.14 bits per heavy atom. The van der Waals surface area contributed by atoms with E-state index in [9.17, 15) is 14.4 Å². The standard InChI is InChI=1S/C25H19BrCl3N3O4/c1-2-36-23(34)21-22(30)32(18-10-14(28)13(27)9-15(18)29)17-4-3-5-19(33)20(17)25(21)12-8-11(26)6-7-16(12)31-24(25)35/h6-10H,2-5,30H2,1H3,(H,31,35). The van der Waals surface area contributed by atoms with Crippen molar-refractivity contribution in [3.63, 3.8) is 0 Å². The minimum absolute atomic E-state index is 0.0338. The summed E-state index contributed by atoms with van der Waals surface area (Å²) in [7, 11) is 0. The molecule has 1 spiro atoms.